The molecule has 0 aromatic rings. The largest absolute Gasteiger partial charge is 0.756 e. The highest BCUT2D eigenvalue weighted by molar-refractivity contribution is 7.45. The summed E-state index contributed by atoms with van der Waals surface area (Å²) in [6, 6.07) is 0. The number of esters is 2. The molecule has 0 amide bonds. The highest BCUT2D eigenvalue weighted by atomic mass is 31.2. The van der Waals surface area contributed by atoms with Crippen LogP contribution in [0.1, 0.15) is 245 Å². The zero-order valence-corrected chi connectivity index (χ0v) is 44.5. The molecule has 10 heteroatoms. The third kappa shape index (κ3) is 51.4. The van der Waals surface area contributed by atoms with E-state index in [1.807, 2.05) is 21.1 Å². The Kier molecular flexibility index (Phi) is 46.5. The predicted octanol–water partition coefficient (Wildman–Crippen LogP) is 16.0. The van der Waals surface area contributed by atoms with E-state index in [-0.39, 0.29) is 32.0 Å². The molecule has 386 valence electrons. The molecule has 0 aromatic heterocycles. The maximum Gasteiger partial charge on any atom is 0.306 e. The number of allylic oxidation sites excluding steroid dienone is 8. The minimum absolute atomic E-state index is 0.0287. The number of unbranched alkanes of at least 4 members (excludes halogenated alkanes) is 28. The summed E-state index contributed by atoms with van der Waals surface area (Å²) in [5.74, 6) is -0.831. The third-order valence-corrected chi connectivity index (χ3v) is 12.8. The molecule has 0 rings (SSSR count). The molecule has 0 aliphatic heterocycles. The average molecular weight is 950 g/mol. The molecule has 0 N–H and O–H groups in total. The number of ether oxygens (including phenoxy) is 2. The van der Waals surface area contributed by atoms with Crippen molar-refractivity contribution in [2.24, 2.45) is 0 Å². The van der Waals surface area contributed by atoms with Crippen molar-refractivity contribution in [1.29, 1.82) is 0 Å². The number of carbonyl (C=O) groups excluding carboxylic acids is 2. The van der Waals surface area contributed by atoms with Crippen molar-refractivity contribution < 1.29 is 42.1 Å². The molecule has 0 fully saturated rings. The molecular weight excluding hydrogens is 846 g/mol. The molecule has 0 saturated carbocycles. The monoisotopic (exact) mass is 950 g/mol. The zero-order valence-electron chi connectivity index (χ0n) is 43.6. The van der Waals surface area contributed by atoms with Crippen LogP contribution in [0, 0.1) is 0 Å². The second-order valence-corrected chi connectivity index (χ2v) is 21.0. The molecule has 0 heterocycles. The number of likely N-dealkylation sites (N-methyl/N-ethyl adjacent to an activating group) is 1. The highest BCUT2D eigenvalue weighted by Crippen LogP contribution is 2.38. The Morgan fingerprint density at radius 1 is 0.485 bits per heavy atom. The molecule has 0 spiro atoms. The molecule has 9 nitrogen and oxygen atoms in total. The van der Waals surface area contributed by atoms with E-state index in [0.29, 0.717) is 17.4 Å². The molecule has 0 bridgehead atoms. The summed E-state index contributed by atoms with van der Waals surface area (Å²) in [5.41, 5.74) is 0. The summed E-state index contributed by atoms with van der Waals surface area (Å²) in [6.45, 7) is 4.09. The van der Waals surface area contributed by atoms with E-state index in [0.717, 1.165) is 57.8 Å². The number of phosphoric ester groups is 1. The minimum Gasteiger partial charge on any atom is -0.756 e. The van der Waals surface area contributed by atoms with Gasteiger partial charge >= 0.3 is 11.9 Å². The second kappa shape index (κ2) is 48.0. The van der Waals surface area contributed by atoms with Crippen LogP contribution in [0.5, 0.6) is 0 Å². The lowest BCUT2D eigenvalue weighted by molar-refractivity contribution is -0.870. The first-order valence-corrected chi connectivity index (χ1v) is 28.8. The number of carbonyl (C=O) groups is 2. The normalized spacial score (nSPS) is 13.7. The summed E-state index contributed by atoms with van der Waals surface area (Å²) >= 11 is 0. The van der Waals surface area contributed by atoms with Gasteiger partial charge in [-0.15, -0.1) is 0 Å². The lowest BCUT2D eigenvalue weighted by Crippen LogP contribution is -2.37. The van der Waals surface area contributed by atoms with Gasteiger partial charge < -0.3 is 27.9 Å². The Morgan fingerprint density at radius 3 is 1.29 bits per heavy atom. The number of hydrogen-bond donors (Lipinski definition) is 0. The number of quaternary nitrogens is 1. The molecule has 2 unspecified atom stereocenters. The van der Waals surface area contributed by atoms with Crippen LogP contribution in [0.15, 0.2) is 48.6 Å². The molecule has 0 saturated heterocycles. The van der Waals surface area contributed by atoms with E-state index in [1.165, 1.54) is 154 Å². The van der Waals surface area contributed by atoms with Gasteiger partial charge in [-0.1, -0.05) is 229 Å². The zero-order chi connectivity index (χ0) is 48.5. The van der Waals surface area contributed by atoms with Crippen LogP contribution in [0.2, 0.25) is 0 Å². The van der Waals surface area contributed by atoms with Gasteiger partial charge in [-0.2, -0.15) is 0 Å². The summed E-state index contributed by atoms with van der Waals surface area (Å²) in [5, 5.41) is 0. The molecule has 66 heavy (non-hydrogen) atoms. The average Bonchev–Trinajstić information content (AvgIpc) is 3.27. The van der Waals surface area contributed by atoms with E-state index in [4.69, 9.17) is 18.5 Å². The van der Waals surface area contributed by atoms with Crippen LogP contribution in [0.3, 0.4) is 0 Å². The van der Waals surface area contributed by atoms with Crippen LogP contribution in [-0.4, -0.2) is 70.0 Å². The first-order chi connectivity index (χ1) is 32.0. The van der Waals surface area contributed by atoms with Crippen LogP contribution >= 0.6 is 7.82 Å². The van der Waals surface area contributed by atoms with Crippen molar-refractivity contribution in [2.75, 3.05) is 47.5 Å². The van der Waals surface area contributed by atoms with Gasteiger partial charge in [0.25, 0.3) is 7.82 Å². The lowest BCUT2D eigenvalue weighted by Gasteiger charge is -2.28. The van der Waals surface area contributed by atoms with Crippen molar-refractivity contribution in [3.63, 3.8) is 0 Å². The molecule has 0 aliphatic rings. The van der Waals surface area contributed by atoms with Crippen molar-refractivity contribution in [3.05, 3.63) is 48.6 Å². The van der Waals surface area contributed by atoms with Crippen LogP contribution < -0.4 is 4.89 Å². The van der Waals surface area contributed by atoms with E-state index in [9.17, 15) is 19.0 Å². The molecule has 0 aliphatic carbocycles. The fourth-order valence-corrected chi connectivity index (χ4v) is 8.38. The highest BCUT2D eigenvalue weighted by Gasteiger charge is 2.21. The lowest BCUT2D eigenvalue weighted by atomic mass is 10.0. The summed E-state index contributed by atoms with van der Waals surface area (Å²) in [6.07, 6.45) is 59.2. The van der Waals surface area contributed by atoms with Gasteiger partial charge in [0.2, 0.25) is 0 Å². The number of rotatable bonds is 50. The maximum atomic E-state index is 12.7. The van der Waals surface area contributed by atoms with Crippen LogP contribution in [0.4, 0.5) is 0 Å². The molecule has 0 radical (unpaired) electrons. The van der Waals surface area contributed by atoms with Crippen molar-refractivity contribution >= 4 is 19.8 Å². The fraction of sp³-hybridized carbons (Fsp3) is 0.821. The minimum atomic E-state index is -4.62. The van der Waals surface area contributed by atoms with Crippen LogP contribution in [-0.2, 0) is 32.7 Å². The topological polar surface area (TPSA) is 111 Å². The Labute approximate surface area is 407 Å². The first-order valence-electron chi connectivity index (χ1n) is 27.3. The van der Waals surface area contributed by atoms with Crippen molar-refractivity contribution in [3.8, 4) is 0 Å². The van der Waals surface area contributed by atoms with Gasteiger partial charge in [-0.3, -0.25) is 14.2 Å². The van der Waals surface area contributed by atoms with Gasteiger partial charge in [0, 0.05) is 12.8 Å². The summed E-state index contributed by atoms with van der Waals surface area (Å²) < 4.78 is 33.9. The molecular formula is C56H104NO8P. The van der Waals surface area contributed by atoms with E-state index in [1.54, 1.807) is 0 Å². The molecule has 2 atom stereocenters. The number of nitrogens with zero attached hydrogens (tertiary/aromatic N) is 1. The Balaban J connectivity index is 3.85. The van der Waals surface area contributed by atoms with E-state index < -0.39 is 26.5 Å². The Bertz CT molecular complexity index is 1260. The quantitative estimate of drug-likeness (QED) is 0.0195. The Hall–Kier alpha value is -2.03. The first kappa shape index (κ1) is 64.0. The standard InChI is InChI=1S/C56H104NO8P/c1-6-8-10-12-14-15-16-17-18-19-20-21-22-23-24-25-26-27-28-29-30-31-32-33-34-35-36-37-38-39-40-41-43-45-47-49-56(59)65-54(53-64-66(60,61)63-51-50-57(3,4)5)52-62-55(58)48-46-44-42-13-11-9-7-2/h8,10,14-15,17-18,20-21,54H,6-7,9,11-13,16,19,22-53H2,1-5H3/b10-8-,15-14-,18-17-,21-20-. The second-order valence-electron chi connectivity index (χ2n) is 19.6. The summed E-state index contributed by atoms with van der Waals surface area (Å²) in [7, 11) is 1.17. The van der Waals surface area contributed by atoms with Crippen molar-refractivity contribution in [2.45, 2.75) is 251 Å². The number of hydrogen-bond acceptors (Lipinski definition) is 8. The van der Waals surface area contributed by atoms with Gasteiger partial charge in [0.15, 0.2) is 6.10 Å². The van der Waals surface area contributed by atoms with Crippen molar-refractivity contribution in [1.82, 2.24) is 0 Å². The van der Waals surface area contributed by atoms with E-state index >= 15 is 0 Å². The van der Waals surface area contributed by atoms with Gasteiger partial charge in [0.1, 0.15) is 19.8 Å². The fourth-order valence-electron chi connectivity index (χ4n) is 7.65. The number of phosphoric acid groups is 1. The Morgan fingerprint density at radius 2 is 0.864 bits per heavy atom. The smallest absolute Gasteiger partial charge is 0.306 e. The van der Waals surface area contributed by atoms with Gasteiger partial charge in [-0.25, -0.2) is 0 Å². The molecule has 0 aromatic carbocycles. The van der Waals surface area contributed by atoms with E-state index in [2.05, 4.69) is 62.5 Å². The summed E-state index contributed by atoms with van der Waals surface area (Å²) in [4.78, 5) is 37.5. The predicted molar refractivity (Wildman–Crippen MR) is 277 cm³/mol. The third-order valence-electron chi connectivity index (χ3n) is 11.9. The van der Waals surface area contributed by atoms with Gasteiger partial charge in [-0.05, 0) is 51.4 Å². The maximum absolute atomic E-state index is 12.7. The van der Waals surface area contributed by atoms with Crippen LogP contribution in [0.25, 0.3) is 0 Å². The SMILES string of the molecule is CC/C=C\C/C=C\C/C=C\C/C=C\CCCCCCCCCCCCCCCCCCCCCCCCC(=O)OC(COC(=O)CCCCCCCCC)COP(=O)([O-])OCC[N+](C)(C)C. The van der Waals surface area contributed by atoms with Gasteiger partial charge in [0.05, 0.1) is 27.7 Å².